The molecule has 1 aliphatic heterocycles. The van der Waals surface area contributed by atoms with E-state index in [0.717, 1.165) is 24.3 Å². The molecule has 0 saturated carbocycles. The fraction of sp³-hybridized carbons (Fsp3) is 0.280. The van der Waals surface area contributed by atoms with Crippen molar-refractivity contribution < 1.29 is 4.79 Å². The Morgan fingerprint density at radius 2 is 1.79 bits per heavy atom. The number of pyridine rings is 1. The van der Waals surface area contributed by atoms with E-state index >= 15 is 0 Å². The van der Waals surface area contributed by atoms with Crippen molar-refractivity contribution in [2.24, 2.45) is 0 Å². The predicted octanol–water partition coefficient (Wildman–Crippen LogP) is 5.31. The van der Waals surface area contributed by atoms with Gasteiger partial charge in [0.15, 0.2) is 5.78 Å². The van der Waals surface area contributed by atoms with Crippen LogP contribution >= 0.6 is 0 Å². The minimum atomic E-state index is 0.0487. The van der Waals surface area contributed by atoms with Crippen LogP contribution in [0.3, 0.4) is 0 Å². The van der Waals surface area contributed by atoms with Crippen molar-refractivity contribution in [2.75, 3.05) is 18.0 Å². The number of aromatic nitrogens is 1. The summed E-state index contributed by atoms with van der Waals surface area (Å²) in [6, 6.07) is 20.8. The van der Waals surface area contributed by atoms with Crippen LogP contribution in [-0.2, 0) is 0 Å². The summed E-state index contributed by atoms with van der Waals surface area (Å²) in [4.78, 5) is 19.7. The average Bonchev–Trinajstić information content (AvgIpc) is 2.66. The number of nitrogens with zero attached hydrogens (tertiary/aromatic N) is 2. The van der Waals surface area contributed by atoms with Crippen LogP contribution in [0.15, 0.2) is 66.9 Å². The molecule has 0 spiro atoms. The lowest BCUT2D eigenvalue weighted by molar-refractivity contribution is 0.0977. The lowest BCUT2D eigenvalue weighted by atomic mass is 9.83. The van der Waals surface area contributed by atoms with Gasteiger partial charge >= 0.3 is 0 Å². The van der Waals surface area contributed by atoms with Crippen LogP contribution < -0.4 is 4.90 Å². The topological polar surface area (TPSA) is 33.2 Å². The van der Waals surface area contributed by atoms with Gasteiger partial charge in [-0.15, -0.1) is 0 Å². The third kappa shape index (κ3) is 3.84. The average molecular weight is 370 g/mol. The van der Waals surface area contributed by atoms with Crippen molar-refractivity contribution >= 4 is 11.5 Å². The lowest BCUT2D eigenvalue weighted by Crippen LogP contribution is -2.36. The number of Topliss-reactive ketones (excluding diaryl/α,β-unsaturated/α-hetero) is 1. The highest BCUT2D eigenvalue weighted by molar-refractivity contribution is 5.96. The van der Waals surface area contributed by atoms with Gasteiger partial charge < -0.3 is 4.90 Å². The zero-order valence-electron chi connectivity index (χ0n) is 16.6. The number of carbonyl (C=O) groups excluding carboxylic acids is 1. The molecule has 142 valence electrons. The van der Waals surface area contributed by atoms with Crippen molar-refractivity contribution in [1.82, 2.24) is 4.98 Å². The maximum absolute atomic E-state index is 13.1. The quantitative estimate of drug-likeness (QED) is 0.551. The van der Waals surface area contributed by atoms with Gasteiger partial charge in [-0.3, -0.25) is 9.78 Å². The number of anilines is 1. The number of ketones is 1. The first-order valence-electron chi connectivity index (χ1n) is 9.98. The molecule has 1 aliphatic rings. The summed E-state index contributed by atoms with van der Waals surface area (Å²) in [6.07, 6.45) is 3.44. The Bertz CT molecular complexity index is 974. The Balaban J connectivity index is 1.66. The molecule has 4 rings (SSSR count). The van der Waals surface area contributed by atoms with Gasteiger partial charge in [-0.05, 0) is 61.2 Å². The number of rotatable bonds is 6. The number of aryl methyl sites for hydroxylation is 2. The molecule has 1 atom stereocenters. The molecule has 1 aromatic heterocycles. The normalized spacial score (nSPS) is 14.4. The van der Waals surface area contributed by atoms with Gasteiger partial charge in [-0.1, -0.05) is 36.4 Å². The fourth-order valence-electron chi connectivity index (χ4n) is 3.90. The number of benzene rings is 2. The van der Waals surface area contributed by atoms with Crippen LogP contribution in [0.4, 0.5) is 5.69 Å². The molecule has 3 nitrogen and oxygen atoms in total. The number of carbonyl (C=O) groups is 1. The third-order valence-corrected chi connectivity index (χ3v) is 5.69. The van der Waals surface area contributed by atoms with E-state index in [0.29, 0.717) is 6.42 Å². The van der Waals surface area contributed by atoms with Crippen molar-refractivity contribution in [2.45, 2.75) is 32.6 Å². The van der Waals surface area contributed by atoms with Crippen LogP contribution in [0.2, 0.25) is 0 Å². The minimum Gasteiger partial charge on any atom is -0.371 e. The van der Waals surface area contributed by atoms with Crippen molar-refractivity contribution in [3.63, 3.8) is 0 Å². The van der Waals surface area contributed by atoms with Crippen molar-refractivity contribution in [1.29, 1.82) is 0 Å². The van der Waals surface area contributed by atoms with Gasteiger partial charge in [0.2, 0.25) is 0 Å². The Hall–Kier alpha value is -2.94. The van der Waals surface area contributed by atoms with E-state index in [1.54, 1.807) is 6.20 Å². The van der Waals surface area contributed by atoms with Crippen molar-refractivity contribution in [3.05, 3.63) is 94.8 Å². The highest BCUT2D eigenvalue weighted by atomic mass is 16.1. The molecule has 2 aromatic carbocycles. The summed E-state index contributed by atoms with van der Waals surface area (Å²) in [6.45, 7) is 6.32. The maximum Gasteiger partial charge on any atom is 0.163 e. The first-order valence-corrected chi connectivity index (χ1v) is 9.98. The number of hydrogen-bond donors (Lipinski definition) is 0. The molecule has 3 aromatic rings. The summed E-state index contributed by atoms with van der Waals surface area (Å²) in [5.41, 5.74) is 6.52. The van der Waals surface area contributed by atoms with Gasteiger partial charge in [-0.2, -0.15) is 0 Å². The third-order valence-electron chi connectivity index (χ3n) is 5.69. The van der Waals surface area contributed by atoms with Crippen LogP contribution in [0, 0.1) is 13.8 Å². The predicted molar refractivity (Wildman–Crippen MR) is 114 cm³/mol. The fourth-order valence-corrected chi connectivity index (χ4v) is 3.90. The van der Waals surface area contributed by atoms with Crippen LogP contribution in [0.1, 0.15) is 51.5 Å². The highest BCUT2D eigenvalue weighted by Gasteiger charge is 2.22. The molecule has 0 unspecified atom stereocenters. The Labute approximate surface area is 167 Å². The molecular weight excluding hydrogens is 344 g/mol. The highest BCUT2D eigenvalue weighted by Crippen LogP contribution is 2.33. The van der Waals surface area contributed by atoms with Crippen LogP contribution in [-0.4, -0.2) is 23.9 Å². The second-order valence-corrected chi connectivity index (χ2v) is 7.65. The van der Waals surface area contributed by atoms with Gasteiger partial charge in [0.05, 0.1) is 0 Å². The summed E-state index contributed by atoms with van der Waals surface area (Å²) >= 11 is 0. The zero-order valence-corrected chi connectivity index (χ0v) is 16.6. The molecule has 0 radical (unpaired) electrons. The van der Waals surface area contributed by atoms with Gasteiger partial charge in [0.25, 0.3) is 0 Å². The van der Waals surface area contributed by atoms with E-state index < -0.39 is 0 Å². The second-order valence-electron chi connectivity index (χ2n) is 7.65. The smallest absolute Gasteiger partial charge is 0.163 e. The first-order chi connectivity index (χ1) is 13.6. The summed E-state index contributed by atoms with van der Waals surface area (Å²) in [5, 5.41) is 0. The molecule has 0 N–H and O–H groups in total. The lowest BCUT2D eigenvalue weighted by Gasteiger charge is -2.33. The van der Waals surface area contributed by atoms with E-state index in [2.05, 4.69) is 65.3 Å². The first kappa shape index (κ1) is 18.4. The standard InChI is InChI=1S/C25H26N2O/c1-18-6-3-4-7-23(18)24(17-25(28)21-12-13-26-19(2)16-21)20-8-10-22(11-9-20)27-14-5-15-27/h3-4,6-13,16,24H,5,14-15,17H2,1-2H3/t24-/m1/s1. The molecule has 0 aliphatic carbocycles. The van der Waals surface area contributed by atoms with Gasteiger partial charge in [-0.25, -0.2) is 0 Å². The van der Waals surface area contributed by atoms with Crippen molar-refractivity contribution in [3.8, 4) is 0 Å². The Morgan fingerprint density at radius 3 is 2.43 bits per heavy atom. The second kappa shape index (κ2) is 7.97. The molecule has 0 bridgehead atoms. The maximum atomic E-state index is 13.1. The molecular formula is C25H26N2O. The Morgan fingerprint density at radius 1 is 1.04 bits per heavy atom. The summed E-state index contributed by atoms with van der Waals surface area (Å²) < 4.78 is 0. The van der Waals surface area contributed by atoms with E-state index in [4.69, 9.17) is 0 Å². The SMILES string of the molecule is Cc1cc(C(=O)C[C@H](c2ccc(N3CCC3)cc2)c2ccccc2C)ccn1. The Kier molecular flexibility index (Phi) is 5.25. The van der Waals surface area contributed by atoms with E-state index in [1.165, 1.54) is 28.8 Å². The van der Waals surface area contributed by atoms with E-state index in [1.807, 2.05) is 19.1 Å². The van der Waals surface area contributed by atoms with Gasteiger partial charge in [0, 0.05) is 48.6 Å². The zero-order chi connectivity index (χ0) is 19.5. The number of hydrogen-bond acceptors (Lipinski definition) is 3. The van der Waals surface area contributed by atoms with E-state index in [9.17, 15) is 4.79 Å². The molecule has 3 heteroatoms. The molecule has 28 heavy (non-hydrogen) atoms. The monoisotopic (exact) mass is 370 g/mol. The van der Waals surface area contributed by atoms with Crippen LogP contribution in [0.5, 0.6) is 0 Å². The summed E-state index contributed by atoms with van der Waals surface area (Å²) in [7, 11) is 0. The van der Waals surface area contributed by atoms with Crippen LogP contribution in [0.25, 0.3) is 0 Å². The minimum absolute atomic E-state index is 0.0487. The molecule has 0 amide bonds. The van der Waals surface area contributed by atoms with Gasteiger partial charge in [0.1, 0.15) is 0 Å². The summed E-state index contributed by atoms with van der Waals surface area (Å²) in [5.74, 6) is 0.207. The molecule has 2 heterocycles. The molecule has 1 saturated heterocycles. The largest absolute Gasteiger partial charge is 0.371 e. The van der Waals surface area contributed by atoms with E-state index in [-0.39, 0.29) is 11.7 Å². The molecule has 1 fully saturated rings.